The summed E-state index contributed by atoms with van der Waals surface area (Å²) in [6.07, 6.45) is 1.06. The number of benzene rings is 3. The Bertz CT molecular complexity index is 1270. The van der Waals surface area contributed by atoms with Gasteiger partial charge in [-0.1, -0.05) is 65.3 Å². The maximum absolute atomic E-state index is 13.7. The Morgan fingerprint density at radius 2 is 1.74 bits per heavy atom. The minimum Gasteiger partial charge on any atom is -0.490 e. The molecule has 2 atom stereocenters. The number of methoxy groups -OCH3 is 1. The molecule has 0 heterocycles. The third kappa shape index (κ3) is 8.54. The van der Waals surface area contributed by atoms with Crippen LogP contribution in [0.15, 0.2) is 77.3 Å². The molecule has 0 saturated carbocycles. The van der Waals surface area contributed by atoms with E-state index in [-0.39, 0.29) is 42.3 Å². The molecule has 0 aromatic heterocycles. The Labute approximate surface area is 236 Å². The van der Waals surface area contributed by atoms with Gasteiger partial charge in [-0.25, -0.2) is 0 Å². The molecule has 0 bridgehead atoms. The van der Waals surface area contributed by atoms with Gasteiger partial charge in [0.1, 0.15) is 11.8 Å². The maximum Gasteiger partial charge on any atom is 0.311 e. The summed E-state index contributed by atoms with van der Waals surface area (Å²) in [6.45, 7) is 3.71. The summed E-state index contributed by atoms with van der Waals surface area (Å²) in [7, 11) is 1.32. The van der Waals surface area contributed by atoms with E-state index in [1.807, 2.05) is 68.4 Å². The molecule has 0 aliphatic carbocycles. The predicted octanol–water partition coefficient (Wildman–Crippen LogP) is 5.30. The van der Waals surface area contributed by atoms with Gasteiger partial charge in [0, 0.05) is 35.6 Å². The molecule has 0 saturated heterocycles. The number of nitrogens with one attached hydrogen (secondary N) is 1. The molecule has 10 heteroatoms. The third-order valence-electron chi connectivity index (χ3n) is 6.25. The van der Waals surface area contributed by atoms with E-state index in [0.29, 0.717) is 6.42 Å². The van der Waals surface area contributed by atoms with Gasteiger partial charge in [-0.05, 0) is 42.7 Å². The second kappa shape index (κ2) is 14.3. The van der Waals surface area contributed by atoms with Crippen LogP contribution in [0.5, 0.6) is 11.5 Å². The molecule has 39 heavy (non-hydrogen) atoms. The van der Waals surface area contributed by atoms with E-state index in [1.165, 1.54) is 30.2 Å². The van der Waals surface area contributed by atoms with Crippen LogP contribution in [0.2, 0.25) is 0 Å². The quantitative estimate of drug-likeness (QED) is 0.211. The second-order valence-corrected chi connectivity index (χ2v) is 9.97. The van der Waals surface area contributed by atoms with Crippen LogP contribution in [0.3, 0.4) is 0 Å². The molecule has 1 N–H and O–H groups in total. The highest BCUT2D eigenvalue weighted by molar-refractivity contribution is 9.10. The minimum atomic E-state index is -0.799. The molecule has 0 spiro atoms. The average molecular weight is 598 g/mol. The molecule has 0 fully saturated rings. The van der Waals surface area contributed by atoms with Crippen LogP contribution in [0, 0.1) is 10.1 Å². The second-order valence-electron chi connectivity index (χ2n) is 9.05. The monoisotopic (exact) mass is 597 g/mol. The number of carbonyl (C=O) groups is 2. The number of nitro benzene ring substituents is 1. The standard InChI is InChI=1S/C29H32BrN3O6/c1-4-20(2)31-29(35)26(16-21-8-6-5-7-9-21)32(18-22-10-12-23(30)13-11-22)28(34)19-39-24-14-15-25(33(36)37)27(17-24)38-3/h5-15,17,20,26H,4,16,18-19H2,1-3H3,(H,31,35)/t20-,26+/m1/s1. The van der Waals surface area contributed by atoms with Gasteiger partial charge in [-0.2, -0.15) is 0 Å². The highest BCUT2D eigenvalue weighted by Gasteiger charge is 2.31. The van der Waals surface area contributed by atoms with E-state index < -0.39 is 16.9 Å². The summed E-state index contributed by atoms with van der Waals surface area (Å²) >= 11 is 3.43. The number of carbonyl (C=O) groups excluding carboxylic acids is 2. The van der Waals surface area contributed by atoms with Crippen molar-refractivity contribution in [3.8, 4) is 11.5 Å². The Balaban J connectivity index is 1.91. The number of hydrogen-bond acceptors (Lipinski definition) is 6. The summed E-state index contributed by atoms with van der Waals surface area (Å²) in [5.41, 5.74) is 1.55. The number of nitro groups is 1. The average Bonchev–Trinajstić information content (AvgIpc) is 2.94. The number of ether oxygens (including phenoxy) is 2. The SMILES string of the molecule is CC[C@@H](C)NC(=O)[C@H](Cc1ccccc1)N(Cc1ccc(Br)cc1)C(=O)COc1ccc([N+](=O)[O-])c(OC)c1. The highest BCUT2D eigenvalue weighted by Crippen LogP contribution is 2.31. The van der Waals surface area contributed by atoms with Crippen molar-refractivity contribution >= 4 is 33.4 Å². The predicted molar refractivity (Wildman–Crippen MR) is 152 cm³/mol. The first-order valence-corrected chi connectivity index (χ1v) is 13.3. The van der Waals surface area contributed by atoms with Gasteiger partial charge in [0.05, 0.1) is 12.0 Å². The van der Waals surface area contributed by atoms with Gasteiger partial charge in [-0.15, -0.1) is 0 Å². The minimum absolute atomic E-state index is 0.0200. The van der Waals surface area contributed by atoms with Gasteiger partial charge in [0.15, 0.2) is 6.61 Å². The molecular formula is C29H32BrN3O6. The summed E-state index contributed by atoms with van der Waals surface area (Å²) in [6, 6.07) is 20.2. The van der Waals surface area contributed by atoms with Crippen LogP contribution in [-0.2, 0) is 22.6 Å². The lowest BCUT2D eigenvalue weighted by Crippen LogP contribution is -2.53. The molecular weight excluding hydrogens is 566 g/mol. The number of hydrogen-bond donors (Lipinski definition) is 1. The van der Waals surface area contributed by atoms with E-state index in [9.17, 15) is 19.7 Å². The van der Waals surface area contributed by atoms with Crippen LogP contribution in [0.1, 0.15) is 31.4 Å². The van der Waals surface area contributed by atoms with Crippen molar-refractivity contribution in [3.63, 3.8) is 0 Å². The molecule has 9 nitrogen and oxygen atoms in total. The molecule has 0 radical (unpaired) electrons. The van der Waals surface area contributed by atoms with E-state index in [0.717, 1.165) is 22.0 Å². The molecule has 3 aromatic rings. The molecule has 3 aromatic carbocycles. The first kappa shape index (κ1) is 29.6. The summed E-state index contributed by atoms with van der Waals surface area (Å²) < 4.78 is 11.7. The Hall–Kier alpha value is -3.92. The van der Waals surface area contributed by atoms with E-state index in [1.54, 1.807) is 0 Å². The van der Waals surface area contributed by atoms with Crippen molar-refractivity contribution in [2.75, 3.05) is 13.7 Å². The van der Waals surface area contributed by atoms with E-state index >= 15 is 0 Å². The zero-order valence-electron chi connectivity index (χ0n) is 22.1. The van der Waals surface area contributed by atoms with Gasteiger partial charge in [-0.3, -0.25) is 19.7 Å². The highest BCUT2D eigenvalue weighted by atomic mass is 79.9. The lowest BCUT2D eigenvalue weighted by atomic mass is 10.0. The van der Waals surface area contributed by atoms with Gasteiger partial charge in [0.2, 0.25) is 11.7 Å². The third-order valence-corrected chi connectivity index (χ3v) is 6.78. The van der Waals surface area contributed by atoms with Crippen molar-refractivity contribution in [2.45, 2.75) is 45.3 Å². The topological polar surface area (TPSA) is 111 Å². The lowest BCUT2D eigenvalue weighted by Gasteiger charge is -2.32. The molecule has 0 unspecified atom stereocenters. The number of amides is 2. The first-order chi connectivity index (χ1) is 18.7. The molecule has 0 aliphatic heterocycles. The van der Waals surface area contributed by atoms with Crippen LogP contribution < -0.4 is 14.8 Å². The number of halogens is 1. The van der Waals surface area contributed by atoms with Crippen molar-refractivity contribution in [1.82, 2.24) is 10.2 Å². The molecule has 206 valence electrons. The Kier molecular flexibility index (Phi) is 10.9. The number of nitrogens with zero attached hydrogens (tertiary/aromatic N) is 2. The summed E-state index contributed by atoms with van der Waals surface area (Å²) in [5, 5.41) is 14.2. The largest absolute Gasteiger partial charge is 0.490 e. The smallest absolute Gasteiger partial charge is 0.311 e. The van der Waals surface area contributed by atoms with Gasteiger partial charge in [0.25, 0.3) is 5.91 Å². The first-order valence-electron chi connectivity index (χ1n) is 12.5. The van der Waals surface area contributed by atoms with Crippen LogP contribution in [0.25, 0.3) is 0 Å². The van der Waals surface area contributed by atoms with Crippen LogP contribution in [0.4, 0.5) is 5.69 Å². The van der Waals surface area contributed by atoms with Crippen molar-refractivity contribution in [3.05, 3.63) is 98.5 Å². The number of rotatable bonds is 13. The summed E-state index contributed by atoms with van der Waals surface area (Å²) in [5.74, 6) is -0.407. The van der Waals surface area contributed by atoms with E-state index in [4.69, 9.17) is 9.47 Å². The Morgan fingerprint density at radius 3 is 2.36 bits per heavy atom. The fourth-order valence-electron chi connectivity index (χ4n) is 3.91. The normalized spacial score (nSPS) is 12.2. The zero-order valence-corrected chi connectivity index (χ0v) is 23.7. The fourth-order valence-corrected chi connectivity index (χ4v) is 4.17. The maximum atomic E-state index is 13.7. The fraction of sp³-hybridized carbons (Fsp3) is 0.310. The van der Waals surface area contributed by atoms with Gasteiger partial charge >= 0.3 is 5.69 Å². The van der Waals surface area contributed by atoms with Crippen molar-refractivity contribution in [1.29, 1.82) is 0 Å². The van der Waals surface area contributed by atoms with Crippen molar-refractivity contribution in [2.24, 2.45) is 0 Å². The van der Waals surface area contributed by atoms with Crippen LogP contribution in [-0.4, -0.2) is 47.4 Å². The van der Waals surface area contributed by atoms with Crippen molar-refractivity contribution < 1.29 is 24.0 Å². The lowest BCUT2D eigenvalue weighted by molar-refractivity contribution is -0.385. The molecule has 2 amide bonds. The molecule has 3 rings (SSSR count). The Morgan fingerprint density at radius 1 is 1.05 bits per heavy atom. The molecule has 0 aliphatic rings. The zero-order chi connectivity index (χ0) is 28.4. The van der Waals surface area contributed by atoms with Crippen LogP contribution >= 0.6 is 15.9 Å². The van der Waals surface area contributed by atoms with Gasteiger partial charge < -0.3 is 19.7 Å². The summed E-state index contributed by atoms with van der Waals surface area (Å²) in [4.78, 5) is 39.4. The van der Waals surface area contributed by atoms with E-state index in [2.05, 4.69) is 21.2 Å².